The Hall–Kier alpha value is -1.46. The van der Waals surface area contributed by atoms with Crippen LogP contribution in [0.3, 0.4) is 0 Å². The molecule has 0 saturated carbocycles. The summed E-state index contributed by atoms with van der Waals surface area (Å²) in [5.74, 6) is 0.335. The maximum absolute atomic E-state index is 12.9. The van der Waals surface area contributed by atoms with Crippen molar-refractivity contribution < 1.29 is 13.9 Å². The van der Waals surface area contributed by atoms with Crippen molar-refractivity contribution >= 4 is 5.91 Å². The maximum Gasteiger partial charge on any atom is 0.225 e. The fourth-order valence-electron chi connectivity index (χ4n) is 2.77. The van der Waals surface area contributed by atoms with E-state index >= 15 is 0 Å². The molecule has 1 fully saturated rings. The molecule has 2 atom stereocenters. The molecule has 116 valence electrons. The minimum absolute atomic E-state index is 0.105. The van der Waals surface area contributed by atoms with Crippen molar-refractivity contribution in [1.82, 2.24) is 4.90 Å². The average Bonchev–Trinajstić information content (AvgIpc) is 2.95. The molecular formula is C16H23FN2O2. The van der Waals surface area contributed by atoms with Gasteiger partial charge in [0, 0.05) is 26.7 Å². The van der Waals surface area contributed by atoms with Crippen LogP contribution in [0.25, 0.3) is 0 Å². The van der Waals surface area contributed by atoms with E-state index in [1.54, 1.807) is 7.11 Å². The Balaban J connectivity index is 1.82. The van der Waals surface area contributed by atoms with Crippen LogP contribution in [-0.2, 0) is 16.0 Å². The summed E-state index contributed by atoms with van der Waals surface area (Å²) in [6.45, 7) is 1.90. The number of methoxy groups -OCH3 is 1. The highest BCUT2D eigenvalue weighted by Gasteiger charge is 2.27. The van der Waals surface area contributed by atoms with E-state index in [-0.39, 0.29) is 17.8 Å². The van der Waals surface area contributed by atoms with Gasteiger partial charge in [0.2, 0.25) is 5.91 Å². The van der Waals surface area contributed by atoms with Gasteiger partial charge in [0.05, 0.1) is 12.5 Å². The summed E-state index contributed by atoms with van der Waals surface area (Å²) in [5, 5.41) is 0. The number of benzene rings is 1. The van der Waals surface area contributed by atoms with Gasteiger partial charge in [-0.3, -0.25) is 4.79 Å². The lowest BCUT2D eigenvalue weighted by Gasteiger charge is -2.19. The molecular weight excluding hydrogens is 271 g/mol. The predicted octanol–water partition coefficient (Wildman–Crippen LogP) is 1.58. The molecule has 0 radical (unpaired) electrons. The molecule has 5 heteroatoms. The first-order valence-corrected chi connectivity index (χ1v) is 7.37. The Bertz CT molecular complexity index is 460. The van der Waals surface area contributed by atoms with Crippen LogP contribution < -0.4 is 5.73 Å². The molecule has 2 N–H and O–H groups in total. The molecule has 1 aromatic rings. The van der Waals surface area contributed by atoms with Crippen molar-refractivity contribution in [3.63, 3.8) is 0 Å². The Morgan fingerprint density at radius 3 is 2.81 bits per heavy atom. The lowest BCUT2D eigenvalue weighted by molar-refractivity contribution is -0.132. The number of rotatable bonds is 6. The zero-order chi connectivity index (χ0) is 15.2. The largest absolute Gasteiger partial charge is 0.380 e. The zero-order valence-corrected chi connectivity index (χ0v) is 12.4. The molecule has 0 spiro atoms. The van der Waals surface area contributed by atoms with Gasteiger partial charge in [-0.25, -0.2) is 4.39 Å². The van der Waals surface area contributed by atoms with Crippen molar-refractivity contribution in [2.24, 2.45) is 11.7 Å². The quantitative estimate of drug-likeness (QED) is 0.866. The van der Waals surface area contributed by atoms with Crippen molar-refractivity contribution in [1.29, 1.82) is 0 Å². The Morgan fingerprint density at radius 1 is 1.48 bits per heavy atom. The SMILES string of the molecule is COC(CN)CC(=O)N1CCC(Cc2ccc(F)cc2)C1. The standard InChI is InChI=1S/C16H23FN2O2/c1-21-15(10-18)9-16(20)19-7-6-13(11-19)8-12-2-4-14(17)5-3-12/h2-5,13,15H,6-11,18H2,1H3. The lowest BCUT2D eigenvalue weighted by Crippen LogP contribution is -2.34. The number of carbonyl (C=O) groups excluding carboxylic acids is 1. The number of carbonyl (C=O) groups is 1. The molecule has 1 aliphatic heterocycles. The van der Waals surface area contributed by atoms with Crippen LogP contribution in [0.15, 0.2) is 24.3 Å². The number of amides is 1. The molecule has 4 nitrogen and oxygen atoms in total. The van der Waals surface area contributed by atoms with Crippen molar-refractivity contribution in [3.8, 4) is 0 Å². The smallest absolute Gasteiger partial charge is 0.225 e. The van der Waals surface area contributed by atoms with Crippen molar-refractivity contribution in [2.45, 2.75) is 25.4 Å². The predicted molar refractivity (Wildman–Crippen MR) is 79.3 cm³/mol. The second kappa shape index (κ2) is 7.52. The van der Waals surface area contributed by atoms with Gasteiger partial charge in [-0.05, 0) is 36.5 Å². The van der Waals surface area contributed by atoms with Gasteiger partial charge < -0.3 is 15.4 Å². The van der Waals surface area contributed by atoms with Crippen molar-refractivity contribution in [3.05, 3.63) is 35.6 Å². The number of hydrogen-bond donors (Lipinski definition) is 1. The summed E-state index contributed by atoms with van der Waals surface area (Å²) in [5.41, 5.74) is 6.66. The fourth-order valence-corrected chi connectivity index (χ4v) is 2.77. The van der Waals surface area contributed by atoms with Gasteiger partial charge in [-0.1, -0.05) is 12.1 Å². The van der Waals surface area contributed by atoms with Crippen LogP contribution in [0, 0.1) is 11.7 Å². The van der Waals surface area contributed by atoms with Gasteiger partial charge in [-0.15, -0.1) is 0 Å². The molecule has 2 rings (SSSR count). The Labute approximate surface area is 125 Å². The van der Waals surface area contributed by atoms with Crippen LogP contribution in [-0.4, -0.2) is 43.7 Å². The second-order valence-corrected chi connectivity index (χ2v) is 5.62. The monoisotopic (exact) mass is 294 g/mol. The van der Waals surface area contributed by atoms with E-state index in [0.29, 0.717) is 18.9 Å². The molecule has 0 bridgehead atoms. The summed E-state index contributed by atoms with van der Waals surface area (Å²) in [4.78, 5) is 14.0. The molecule has 0 aromatic heterocycles. The highest BCUT2D eigenvalue weighted by molar-refractivity contribution is 5.77. The first-order chi connectivity index (χ1) is 10.1. The molecule has 1 aliphatic rings. The molecule has 1 saturated heterocycles. The van der Waals surface area contributed by atoms with Crippen LogP contribution >= 0.6 is 0 Å². The van der Waals surface area contributed by atoms with E-state index in [0.717, 1.165) is 31.5 Å². The fraction of sp³-hybridized carbons (Fsp3) is 0.562. The average molecular weight is 294 g/mol. The highest BCUT2D eigenvalue weighted by Crippen LogP contribution is 2.22. The molecule has 2 unspecified atom stereocenters. The molecule has 0 aliphatic carbocycles. The van der Waals surface area contributed by atoms with Gasteiger partial charge in [0.1, 0.15) is 5.82 Å². The first kappa shape index (κ1) is 15.9. The number of nitrogens with zero attached hydrogens (tertiary/aromatic N) is 1. The van der Waals surface area contributed by atoms with Crippen molar-refractivity contribution in [2.75, 3.05) is 26.7 Å². The second-order valence-electron chi connectivity index (χ2n) is 5.62. The van der Waals surface area contributed by atoms with E-state index in [9.17, 15) is 9.18 Å². The van der Waals surface area contributed by atoms with Gasteiger partial charge in [0.25, 0.3) is 0 Å². The number of nitrogens with two attached hydrogens (primary N) is 1. The normalized spacial score (nSPS) is 19.8. The minimum atomic E-state index is -0.214. The highest BCUT2D eigenvalue weighted by atomic mass is 19.1. The number of ether oxygens (including phenoxy) is 1. The zero-order valence-electron chi connectivity index (χ0n) is 12.4. The summed E-state index contributed by atoms with van der Waals surface area (Å²) in [6.07, 6.45) is 2.02. The molecule has 21 heavy (non-hydrogen) atoms. The maximum atomic E-state index is 12.9. The Morgan fingerprint density at radius 2 is 2.19 bits per heavy atom. The minimum Gasteiger partial charge on any atom is -0.380 e. The molecule has 1 heterocycles. The van der Waals surface area contributed by atoms with Gasteiger partial charge >= 0.3 is 0 Å². The number of hydrogen-bond acceptors (Lipinski definition) is 3. The summed E-state index contributed by atoms with van der Waals surface area (Å²) >= 11 is 0. The van der Waals surface area contributed by atoms with E-state index in [1.807, 2.05) is 17.0 Å². The van der Waals surface area contributed by atoms with E-state index in [2.05, 4.69) is 0 Å². The van der Waals surface area contributed by atoms with Crippen LogP contribution in [0.1, 0.15) is 18.4 Å². The lowest BCUT2D eigenvalue weighted by atomic mass is 9.99. The van der Waals surface area contributed by atoms with E-state index < -0.39 is 0 Å². The Kier molecular flexibility index (Phi) is 5.70. The third-order valence-electron chi connectivity index (χ3n) is 4.07. The number of likely N-dealkylation sites (tertiary alicyclic amines) is 1. The van der Waals surface area contributed by atoms with Crippen LogP contribution in [0.5, 0.6) is 0 Å². The van der Waals surface area contributed by atoms with Gasteiger partial charge in [-0.2, -0.15) is 0 Å². The van der Waals surface area contributed by atoms with Crippen LogP contribution in [0.2, 0.25) is 0 Å². The third-order valence-corrected chi connectivity index (χ3v) is 4.07. The summed E-state index contributed by atoms with van der Waals surface area (Å²) in [6, 6.07) is 6.60. The molecule has 1 aromatic carbocycles. The van der Waals surface area contributed by atoms with E-state index in [1.165, 1.54) is 12.1 Å². The summed E-state index contributed by atoms with van der Waals surface area (Å²) in [7, 11) is 1.58. The van der Waals surface area contributed by atoms with Crippen LogP contribution in [0.4, 0.5) is 4.39 Å². The van der Waals surface area contributed by atoms with E-state index in [4.69, 9.17) is 10.5 Å². The van der Waals surface area contributed by atoms with Gasteiger partial charge in [0.15, 0.2) is 0 Å². The first-order valence-electron chi connectivity index (χ1n) is 7.37. The third kappa shape index (κ3) is 4.51. The number of halogens is 1. The molecule has 1 amide bonds. The summed E-state index contributed by atoms with van der Waals surface area (Å²) < 4.78 is 18.0. The topological polar surface area (TPSA) is 55.6 Å².